The molecular weight excluding hydrogens is 210 g/mol. The van der Waals surface area contributed by atoms with Crippen LogP contribution in [0.25, 0.3) is 0 Å². The minimum atomic E-state index is 0.232. The summed E-state index contributed by atoms with van der Waals surface area (Å²) in [5.74, 6) is 0. The van der Waals surface area contributed by atoms with Gasteiger partial charge in [-0.05, 0) is 26.2 Å². The van der Waals surface area contributed by atoms with Gasteiger partial charge in [-0.15, -0.1) is 0 Å². The fourth-order valence-electron chi connectivity index (χ4n) is 2.06. The van der Waals surface area contributed by atoms with Gasteiger partial charge in [0, 0.05) is 6.04 Å². The molecule has 0 heterocycles. The molecule has 2 atom stereocenters. The van der Waals surface area contributed by atoms with Crippen molar-refractivity contribution in [1.82, 2.24) is 0 Å². The normalized spacial score (nSPS) is 25.8. The largest absolute Gasteiger partial charge is 0.376 e. The van der Waals surface area contributed by atoms with E-state index in [1.54, 1.807) is 0 Å². The van der Waals surface area contributed by atoms with Crippen LogP contribution in [0.5, 0.6) is 0 Å². The predicted octanol–water partition coefficient (Wildman–Crippen LogP) is 3.35. The van der Waals surface area contributed by atoms with Crippen LogP contribution in [0.15, 0.2) is 36.5 Å². The lowest BCUT2D eigenvalue weighted by atomic mass is 9.93. The van der Waals surface area contributed by atoms with Crippen LogP contribution in [0.3, 0.4) is 0 Å². The maximum absolute atomic E-state index is 6.02. The van der Waals surface area contributed by atoms with Crippen LogP contribution in [0.4, 0.5) is 0 Å². The van der Waals surface area contributed by atoms with E-state index in [-0.39, 0.29) is 12.1 Å². The molecule has 0 bridgehead atoms. The predicted molar refractivity (Wildman–Crippen MR) is 73.9 cm³/mol. The molecule has 0 aromatic rings. The van der Waals surface area contributed by atoms with Gasteiger partial charge < -0.3 is 10.5 Å². The summed E-state index contributed by atoms with van der Waals surface area (Å²) in [6.07, 6.45) is 13.9. The standard InChI is InChI=1S/C15H25NO/c1-3-4-5-8-13(2)11-12-17-15-10-7-6-9-14(15)16/h3-5,8,14-15H,2,6-7,9-12,16H2,1H3/b4-3-,8-5-/t14-,15+/m0/s1. The average Bonchev–Trinajstić information content (AvgIpc) is 2.32. The molecule has 2 N–H and O–H groups in total. The summed E-state index contributed by atoms with van der Waals surface area (Å²) >= 11 is 0. The summed E-state index contributed by atoms with van der Waals surface area (Å²) in [6.45, 7) is 6.73. The second-order valence-corrected chi connectivity index (χ2v) is 4.65. The number of hydrogen-bond acceptors (Lipinski definition) is 2. The van der Waals surface area contributed by atoms with E-state index >= 15 is 0 Å². The zero-order valence-corrected chi connectivity index (χ0v) is 10.9. The van der Waals surface area contributed by atoms with E-state index in [0.29, 0.717) is 0 Å². The van der Waals surface area contributed by atoms with Crippen molar-refractivity contribution in [2.24, 2.45) is 5.73 Å². The highest BCUT2D eigenvalue weighted by Crippen LogP contribution is 2.20. The van der Waals surface area contributed by atoms with E-state index < -0.39 is 0 Å². The number of nitrogens with two attached hydrogens (primary N) is 1. The van der Waals surface area contributed by atoms with Crippen molar-refractivity contribution in [1.29, 1.82) is 0 Å². The molecule has 0 aromatic carbocycles. The van der Waals surface area contributed by atoms with Gasteiger partial charge in [-0.25, -0.2) is 0 Å². The minimum absolute atomic E-state index is 0.232. The Morgan fingerprint density at radius 2 is 2.12 bits per heavy atom. The van der Waals surface area contributed by atoms with Crippen LogP contribution in [0, 0.1) is 0 Å². The highest BCUT2D eigenvalue weighted by molar-refractivity contribution is 5.18. The lowest BCUT2D eigenvalue weighted by Crippen LogP contribution is -2.39. The summed E-state index contributed by atoms with van der Waals surface area (Å²) in [5.41, 5.74) is 7.13. The number of allylic oxidation sites excluding steroid dienone is 4. The first-order valence-electron chi connectivity index (χ1n) is 6.58. The molecule has 1 saturated carbocycles. The fourth-order valence-corrected chi connectivity index (χ4v) is 2.06. The van der Waals surface area contributed by atoms with E-state index in [4.69, 9.17) is 10.5 Å². The van der Waals surface area contributed by atoms with Crippen molar-refractivity contribution >= 4 is 0 Å². The van der Waals surface area contributed by atoms with E-state index in [9.17, 15) is 0 Å². The molecule has 0 radical (unpaired) electrons. The summed E-state index contributed by atoms with van der Waals surface area (Å²) in [5, 5.41) is 0. The van der Waals surface area contributed by atoms with Crippen LogP contribution in [-0.2, 0) is 4.74 Å². The molecular formula is C15H25NO. The summed E-state index contributed by atoms with van der Waals surface area (Å²) in [6, 6.07) is 0.232. The monoisotopic (exact) mass is 235 g/mol. The van der Waals surface area contributed by atoms with Gasteiger partial charge in [0.05, 0.1) is 12.7 Å². The van der Waals surface area contributed by atoms with Crippen LogP contribution in [0.2, 0.25) is 0 Å². The Hall–Kier alpha value is -0.860. The SMILES string of the molecule is C=C(/C=C\C=C/C)CCO[C@@H]1CCCC[C@@H]1N. The van der Waals surface area contributed by atoms with Gasteiger partial charge in [0.1, 0.15) is 0 Å². The zero-order valence-electron chi connectivity index (χ0n) is 10.9. The van der Waals surface area contributed by atoms with Gasteiger partial charge in [0.2, 0.25) is 0 Å². The molecule has 2 nitrogen and oxygen atoms in total. The molecule has 0 aliphatic heterocycles. The average molecular weight is 235 g/mol. The molecule has 0 unspecified atom stereocenters. The molecule has 0 spiro atoms. The van der Waals surface area contributed by atoms with Crippen LogP contribution in [0.1, 0.15) is 39.0 Å². The van der Waals surface area contributed by atoms with Crippen molar-refractivity contribution in [3.05, 3.63) is 36.5 Å². The Labute approximate surface area is 105 Å². The highest BCUT2D eigenvalue weighted by atomic mass is 16.5. The van der Waals surface area contributed by atoms with Crippen LogP contribution >= 0.6 is 0 Å². The Morgan fingerprint density at radius 1 is 1.35 bits per heavy atom. The van der Waals surface area contributed by atoms with Gasteiger partial charge >= 0.3 is 0 Å². The minimum Gasteiger partial charge on any atom is -0.376 e. The molecule has 17 heavy (non-hydrogen) atoms. The van der Waals surface area contributed by atoms with E-state index in [1.807, 2.05) is 31.2 Å². The highest BCUT2D eigenvalue weighted by Gasteiger charge is 2.21. The Kier molecular flexibility index (Phi) is 6.90. The molecule has 1 aliphatic carbocycles. The Bertz CT molecular complexity index is 281. The first-order valence-corrected chi connectivity index (χ1v) is 6.58. The maximum atomic E-state index is 6.02. The molecule has 96 valence electrons. The summed E-state index contributed by atoms with van der Waals surface area (Å²) in [4.78, 5) is 0. The molecule has 1 aliphatic rings. The van der Waals surface area contributed by atoms with E-state index in [1.165, 1.54) is 12.8 Å². The van der Waals surface area contributed by atoms with Crippen molar-refractivity contribution in [3.63, 3.8) is 0 Å². The quantitative estimate of drug-likeness (QED) is 0.717. The molecule has 2 heteroatoms. The van der Waals surface area contributed by atoms with E-state index in [2.05, 4.69) is 6.58 Å². The van der Waals surface area contributed by atoms with Gasteiger partial charge in [-0.2, -0.15) is 0 Å². The van der Waals surface area contributed by atoms with Crippen molar-refractivity contribution in [2.75, 3.05) is 6.61 Å². The van der Waals surface area contributed by atoms with Crippen LogP contribution in [-0.4, -0.2) is 18.8 Å². The number of ether oxygens (including phenoxy) is 1. The smallest absolute Gasteiger partial charge is 0.0726 e. The molecule has 0 saturated heterocycles. The fraction of sp³-hybridized carbons (Fsp3) is 0.600. The van der Waals surface area contributed by atoms with Gasteiger partial charge in [-0.1, -0.05) is 49.3 Å². The zero-order chi connectivity index (χ0) is 12.5. The molecule has 0 amide bonds. The van der Waals surface area contributed by atoms with Crippen molar-refractivity contribution in [2.45, 2.75) is 51.2 Å². The first kappa shape index (κ1) is 14.2. The summed E-state index contributed by atoms with van der Waals surface area (Å²) in [7, 11) is 0. The lowest BCUT2D eigenvalue weighted by Gasteiger charge is -2.28. The Morgan fingerprint density at radius 3 is 2.82 bits per heavy atom. The van der Waals surface area contributed by atoms with Crippen LogP contribution < -0.4 is 5.73 Å². The molecule has 1 rings (SSSR count). The van der Waals surface area contributed by atoms with Gasteiger partial charge in [0.25, 0.3) is 0 Å². The van der Waals surface area contributed by atoms with Gasteiger partial charge in [0.15, 0.2) is 0 Å². The third kappa shape index (κ3) is 5.85. The lowest BCUT2D eigenvalue weighted by molar-refractivity contribution is 0.0171. The topological polar surface area (TPSA) is 35.2 Å². The first-order chi connectivity index (χ1) is 8.24. The second kappa shape index (κ2) is 8.26. The summed E-state index contributed by atoms with van der Waals surface area (Å²) < 4.78 is 5.83. The third-order valence-electron chi connectivity index (χ3n) is 3.14. The van der Waals surface area contributed by atoms with E-state index in [0.717, 1.165) is 31.4 Å². The second-order valence-electron chi connectivity index (χ2n) is 4.65. The third-order valence-corrected chi connectivity index (χ3v) is 3.14. The van der Waals surface area contributed by atoms with Crippen molar-refractivity contribution < 1.29 is 4.74 Å². The number of hydrogen-bond donors (Lipinski definition) is 1. The van der Waals surface area contributed by atoms with Gasteiger partial charge in [-0.3, -0.25) is 0 Å². The van der Waals surface area contributed by atoms with Crippen molar-refractivity contribution in [3.8, 4) is 0 Å². The number of rotatable bonds is 6. The Balaban J connectivity index is 2.16. The molecule has 1 fully saturated rings. The maximum Gasteiger partial charge on any atom is 0.0726 e. The molecule has 0 aromatic heterocycles.